The summed E-state index contributed by atoms with van der Waals surface area (Å²) in [6.45, 7) is 1.41. The maximum absolute atomic E-state index is 9.90. The van der Waals surface area contributed by atoms with E-state index in [1.807, 2.05) is 0 Å². The largest absolute Gasteiger partial charge is 0.504 e. The molecule has 4 heteroatoms. The highest BCUT2D eigenvalue weighted by molar-refractivity contribution is 6.30. The summed E-state index contributed by atoms with van der Waals surface area (Å²) >= 11 is 5.94. The van der Waals surface area contributed by atoms with Crippen LogP contribution in [0.15, 0.2) is 12.1 Å². The summed E-state index contributed by atoms with van der Waals surface area (Å²) in [4.78, 5) is 0. The van der Waals surface area contributed by atoms with Gasteiger partial charge in [0.1, 0.15) is 0 Å². The van der Waals surface area contributed by atoms with Crippen molar-refractivity contribution in [3.8, 4) is 23.8 Å². The zero-order chi connectivity index (χ0) is 13.4. The van der Waals surface area contributed by atoms with Gasteiger partial charge in [-0.05, 0) is 25.5 Å². The van der Waals surface area contributed by atoms with Crippen LogP contribution in [-0.4, -0.2) is 18.8 Å². The average molecular weight is 268 g/mol. The third-order valence-corrected chi connectivity index (χ3v) is 2.80. The molecule has 0 aliphatic rings. The quantitative estimate of drug-likeness (QED) is 0.590. The molecule has 0 atom stereocenters. The topological polar surface area (TPSA) is 41.5 Å². The molecule has 0 saturated heterocycles. The minimum absolute atomic E-state index is 0.137. The van der Waals surface area contributed by atoms with Crippen LogP contribution in [0.2, 0.25) is 5.02 Å². The van der Waals surface area contributed by atoms with Crippen molar-refractivity contribution in [1.29, 1.82) is 0 Å². The smallest absolute Gasteiger partial charge is 0.162 e. The molecule has 0 aromatic heterocycles. The molecule has 0 aliphatic heterocycles. The van der Waals surface area contributed by atoms with E-state index in [1.165, 1.54) is 7.11 Å². The number of phenols is 1. The summed E-state index contributed by atoms with van der Waals surface area (Å²) in [6, 6.07) is 3.32. The predicted octanol–water partition coefficient (Wildman–Crippen LogP) is 2.95. The van der Waals surface area contributed by atoms with E-state index in [9.17, 15) is 5.11 Å². The van der Waals surface area contributed by atoms with E-state index in [0.717, 1.165) is 31.4 Å². The molecule has 1 aromatic rings. The Morgan fingerprint density at radius 3 is 2.89 bits per heavy atom. The molecule has 0 unspecified atom stereocenters. The van der Waals surface area contributed by atoms with E-state index >= 15 is 0 Å². The van der Waals surface area contributed by atoms with E-state index in [0.29, 0.717) is 17.3 Å². The van der Waals surface area contributed by atoms with Crippen molar-refractivity contribution in [1.82, 2.24) is 5.32 Å². The first-order valence-electron chi connectivity index (χ1n) is 5.88. The van der Waals surface area contributed by atoms with E-state index in [-0.39, 0.29) is 5.75 Å². The van der Waals surface area contributed by atoms with Crippen LogP contribution in [0.1, 0.15) is 24.8 Å². The molecular formula is C14H18ClNO2. The zero-order valence-electron chi connectivity index (χ0n) is 10.5. The van der Waals surface area contributed by atoms with Gasteiger partial charge in [0.05, 0.1) is 7.11 Å². The second-order valence-corrected chi connectivity index (χ2v) is 4.39. The highest BCUT2D eigenvalue weighted by Crippen LogP contribution is 2.33. The van der Waals surface area contributed by atoms with Crippen LogP contribution in [0.3, 0.4) is 0 Å². The molecule has 18 heavy (non-hydrogen) atoms. The number of aromatic hydroxyl groups is 1. The number of rotatable bonds is 7. The van der Waals surface area contributed by atoms with Crippen LogP contribution in [-0.2, 0) is 6.54 Å². The maximum Gasteiger partial charge on any atom is 0.162 e. The third kappa shape index (κ3) is 4.48. The average Bonchev–Trinajstić information content (AvgIpc) is 2.37. The Balaban J connectivity index is 2.47. The van der Waals surface area contributed by atoms with Crippen molar-refractivity contribution in [2.24, 2.45) is 0 Å². The van der Waals surface area contributed by atoms with E-state index < -0.39 is 0 Å². The monoisotopic (exact) mass is 267 g/mol. The van der Waals surface area contributed by atoms with Gasteiger partial charge in [0.25, 0.3) is 0 Å². The van der Waals surface area contributed by atoms with Gasteiger partial charge in [-0.15, -0.1) is 12.3 Å². The Bertz CT molecular complexity index is 427. The Labute approximate surface area is 113 Å². The molecule has 0 saturated carbocycles. The lowest BCUT2D eigenvalue weighted by atomic mass is 10.1. The number of methoxy groups -OCH3 is 1. The lowest BCUT2D eigenvalue weighted by Crippen LogP contribution is -2.14. The summed E-state index contributed by atoms with van der Waals surface area (Å²) in [5.74, 6) is 3.14. The Morgan fingerprint density at radius 1 is 1.44 bits per heavy atom. The van der Waals surface area contributed by atoms with E-state index in [2.05, 4.69) is 11.2 Å². The number of halogens is 1. The van der Waals surface area contributed by atoms with Gasteiger partial charge < -0.3 is 15.2 Å². The summed E-state index contributed by atoms with van der Waals surface area (Å²) < 4.78 is 5.04. The van der Waals surface area contributed by atoms with Crippen molar-refractivity contribution in [3.05, 3.63) is 22.7 Å². The molecule has 3 nitrogen and oxygen atoms in total. The van der Waals surface area contributed by atoms with Crippen molar-refractivity contribution in [2.45, 2.75) is 25.8 Å². The van der Waals surface area contributed by atoms with Gasteiger partial charge in [-0.1, -0.05) is 11.6 Å². The van der Waals surface area contributed by atoms with Gasteiger partial charge in [-0.2, -0.15) is 0 Å². The number of benzene rings is 1. The van der Waals surface area contributed by atoms with Crippen molar-refractivity contribution < 1.29 is 9.84 Å². The van der Waals surface area contributed by atoms with Crippen LogP contribution in [0.4, 0.5) is 0 Å². The molecule has 0 heterocycles. The molecule has 0 fully saturated rings. The molecule has 0 radical (unpaired) electrons. The summed E-state index contributed by atoms with van der Waals surface area (Å²) in [6.07, 6.45) is 8.00. The fourth-order valence-electron chi connectivity index (χ4n) is 1.62. The lowest BCUT2D eigenvalue weighted by molar-refractivity contribution is 0.369. The third-order valence-electron chi connectivity index (χ3n) is 2.58. The summed E-state index contributed by atoms with van der Waals surface area (Å²) in [7, 11) is 1.50. The fraction of sp³-hybridized carbons (Fsp3) is 0.429. The first-order chi connectivity index (χ1) is 8.69. The number of terminal acetylenes is 1. The van der Waals surface area contributed by atoms with Gasteiger partial charge >= 0.3 is 0 Å². The minimum Gasteiger partial charge on any atom is -0.504 e. The molecular weight excluding hydrogens is 250 g/mol. The predicted molar refractivity (Wildman–Crippen MR) is 74.1 cm³/mol. The number of hydrogen-bond acceptors (Lipinski definition) is 3. The van der Waals surface area contributed by atoms with Crippen molar-refractivity contribution in [2.75, 3.05) is 13.7 Å². The SMILES string of the molecule is C#CCCCCNCc1cc(Cl)cc(OC)c1O. The number of hydrogen-bond donors (Lipinski definition) is 2. The van der Waals surface area contributed by atoms with Crippen LogP contribution in [0.25, 0.3) is 0 Å². The summed E-state index contributed by atoms with van der Waals surface area (Å²) in [5, 5.41) is 13.7. The number of phenolic OH excluding ortho intramolecular Hbond substituents is 1. The lowest BCUT2D eigenvalue weighted by Gasteiger charge is -2.10. The van der Waals surface area contributed by atoms with Gasteiger partial charge in [0.2, 0.25) is 0 Å². The number of nitrogens with one attached hydrogen (secondary N) is 1. The maximum atomic E-state index is 9.90. The Kier molecular flexibility index (Phi) is 6.42. The van der Waals surface area contributed by atoms with Crippen molar-refractivity contribution in [3.63, 3.8) is 0 Å². The standard InChI is InChI=1S/C14H18ClNO2/c1-3-4-5-6-7-16-10-11-8-12(15)9-13(18-2)14(11)17/h1,8-9,16-17H,4-7,10H2,2H3. The second-order valence-electron chi connectivity index (χ2n) is 3.95. The molecule has 2 N–H and O–H groups in total. The highest BCUT2D eigenvalue weighted by atomic mass is 35.5. The van der Waals surface area contributed by atoms with Gasteiger partial charge in [0.15, 0.2) is 11.5 Å². The molecule has 0 bridgehead atoms. The zero-order valence-corrected chi connectivity index (χ0v) is 11.3. The molecule has 1 rings (SSSR count). The second kappa shape index (κ2) is 7.86. The van der Waals surface area contributed by atoms with Crippen LogP contribution >= 0.6 is 11.6 Å². The van der Waals surface area contributed by atoms with Crippen LogP contribution in [0.5, 0.6) is 11.5 Å². The number of unbranched alkanes of at least 4 members (excludes halogenated alkanes) is 2. The normalized spacial score (nSPS) is 10.1. The van der Waals surface area contributed by atoms with Gasteiger partial charge in [-0.25, -0.2) is 0 Å². The highest BCUT2D eigenvalue weighted by Gasteiger charge is 2.09. The molecule has 0 amide bonds. The first-order valence-corrected chi connectivity index (χ1v) is 6.26. The number of ether oxygens (including phenoxy) is 1. The van der Waals surface area contributed by atoms with E-state index in [4.69, 9.17) is 22.8 Å². The first kappa shape index (κ1) is 14.7. The van der Waals surface area contributed by atoms with Gasteiger partial charge in [0, 0.05) is 29.6 Å². The van der Waals surface area contributed by atoms with Crippen molar-refractivity contribution >= 4 is 11.6 Å². The minimum atomic E-state index is 0.137. The molecule has 98 valence electrons. The Morgan fingerprint density at radius 2 is 2.22 bits per heavy atom. The molecule has 1 aromatic carbocycles. The van der Waals surface area contributed by atoms with Gasteiger partial charge in [-0.3, -0.25) is 0 Å². The van der Waals surface area contributed by atoms with Crippen LogP contribution < -0.4 is 10.1 Å². The van der Waals surface area contributed by atoms with Crippen LogP contribution in [0, 0.1) is 12.3 Å². The molecule has 0 spiro atoms. The molecule has 0 aliphatic carbocycles. The summed E-state index contributed by atoms with van der Waals surface area (Å²) in [5.41, 5.74) is 0.733. The van der Waals surface area contributed by atoms with E-state index in [1.54, 1.807) is 12.1 Å². The fourth-order valence-corrected chi connectivity index (χ4v) is 1.85. The Hall–Kier alpha value is -1.37.